The first-order valence-electron chi connectivity index (χ1n) is 6.74. The highest BCUT2D eigenvalue weighted by Crippen LogP contribution is 2.41. The molecule has 2 nitrogen and oxygen atoms in total. The molecule has 2 aliphatic rings. The van der Waals surface area contributed by atoms with Crippen LogP contribution in [0.2, 0.25) is 0 Å². The van der Waals surface area contributed by atoms with Gasteiger partial charge in [-0.05, 0) is 35.5 Å². The van der Waals surface area contributed by atoms with Crippen molar-refractivity contribution in [3.8, 4) is 0 Å². The van der Waals surface area contributed by atoms with Crippen LogP contribution in [0.15, 0.2) is 64.4 Å². The van der Waals surface area contributed by atoms with E-state index in [4.69, 9.17) is 0 Å². The van der Waals surface area contributed by atoms with Crippen LogP contribution in [0.1, 0.15) is 23.1 Å². The first-order valence-corrected chi connectivity index (χ1v) is 6.74. The minimum atomic E-state index is -0.211. The summed E-state index contributed by atoms with van der Waals surface area (Å²) in [6.07, 6.45) is 16.6. The normalized spacial score (nSPS) is 23.2. The zero-order chi connectivity index (χ0) is 14.0. The highest BCUT2D eigenvalue weighted by atomic mass is 14.7. The SMILES string of the molecule is Cc1cccc(C2(C3=C[C+]=NC=C3)C=CN=[C+]C2)c1C. The van der Waals surface area contributed by atoms with Crippen molar-refractivity contribution in [2.75, 3.05) is 0 Å². The molecular weight excluding hydrogens is 244 g/mol. The van der Waals surface area contributed by atoms with Crippen molar-refractivity contribution < 1.29 is 0 Å². The molecule has 0 bridgehead atoms. The second kappa shape index (κ2) is 4.94. The fourth-order valence-corrected chi connectivity index (χ4v) is 2.81. The van der Waals surface area contributed by atoms with Crippen molar-refractivity contribution in [2.24, 2.45) is 9.98 Å². The third-order valence-corrected chi connectivity index (χ3v) is 4.11. The minimum Gasteiger partial charge on any atom is -0.0743 e. The van der Waals surface area contributed by atoms with E-state index in [2.05, 4.69) is 66.6 Å². The first-order chi connectivity index (χ1) is 9.74. The van der Waals surface area contributed by atoms with Crippen molar-refractivity contribution in [3.05, 3.63) is 71.1 Å². The van der Waals surface area contributed by atoms with E-state index < -0.39 is 0 Å². The quantitative estimate of drug-likeness (QED) is 0.722. The molecule has 2 aliphatic heterocycles. The maximum Gasteiger partial charge on any atom is 0.188 e. The minimum absolute atomic E-state index is 0.211. The van der Waals surface area contributed by atoms with Crippen LogP contribution in [0.5, 0.6) is 0 Å². The largest absolute Gasteiger partial charge is 0.188 e. The molecule has 1 aromatic rings. The molecule has 3 rings (SSSR count). The molecule has 0 saturated carbocycles. The Morgan fingerprint density at radius 3 is 2.75 bits per heavy atom. The van der Waals surface area contributed by atoms with E-state index in [0.29, 0.717) is 0 Å². The predicted molar refractivity (Wildman–Crippen MR) is 83.4 cm³/mol. The third-order valence-electron chi connectivity index (χ3n) is 4.11. The summed E-state index contributed by atoms with van der Waals surface area (Å²) in [4.78, 5) is 8.13. The zero-order valence-electron chi connectivity index (χ0n) is 11.7. The number of nitrogens with zero attached hydrogens (tertiary/aromatic N) is 2. The molecule has 0 spiro atoms. The lowest BCUT2D eigenvalue weighted by atomic mass is 9.69. The van der Waals surface area contributed by atoms with Crippen LogP contribution in [0.25, 0.3) is 0 Å². The fourth-order valence-electron chi connectivity index (χ4n) is 2.81. The van der Waals surface area contributed by atoms with Gasteiger partial charge < -0.3 is 0 Å². The molecule has 0 amide bonds. The predicted octanol–water partition coefficient (Wildman–Crippen LogP) is 3.81. The summed E-state index contributed by atoms with van der Waals surface area (Å²) in [5, 5.41) is 0. The van der Waals surface area contributed by atoms with Crippen molar-refractivity contribution >= 4 is 12.4 Å². The number of hydrogen-bond acceptors (Lipinski definition) is 2. The second-order valence-corrected chi connectivity index (χ2v) is 5.17. The van der Waals surface area contributed by atoms with E-state index in [1.807, 2.05) is 12.3 Å². The van der Waals surface area contributed by atoms with Gasteiger partial charge in [-0.25, -0.2) is 0 Å². The molecule has 1 aromatic carbocycles. The monoisotopic (exact) mass is 260 g/mol. The number of hydrogen-bond donors (Lipinski definition) is 0. The van der Waals surface area contributed by atoms with Gasteiger partial charge in [0.2, 0.25) is 0 Å². The van der Waals surface area contributed by atoms with E-state index in [1.54, 1.807) is 6.20 Å². The molecule has 20 heavy (non-hydrogen) atoms. The molecule has 0 aromatic heterocycles. The summed E-state index contributed by atoms with van der Waals surface area (Å²) in [6.45, 7) is 4.33. The maximum atomic E-state index is 4.12. The van der Waals surface area contributed by atoms with Crippen LogP contribution < -0.4 is 0 Å². The van der Waals surface area contributed by atoms with Crippen LogP contribution in [0, 0.1) is 13.8 Å². The zero-order valence-corrected chi connectivity index (χ0v) is 11.7. The number of benzene rings is 1. The molecule has 1 atom stereocenters. The van der Waals surface area contributed by atoms with Crippen LogP contribution in [-0.2, 0) is 5.41 Å². The Hall–Kier alpha value is -2.40. The molecular formula is C18H16N2+2. The molecule has 0 radical (unpaired) electrons. The van der Waals surface area contributed by atoms with Crippen molar-refractivity contribution in [1.29, 1.82) is 0 Å². The summed E-state index contributed by atoms with van der Waals surface area (Å²) in [6, 6.07) is 6.46. The van der Waals surface area contributed by atoms with Crippen LogP contribution in [0.3, 0.4) is 0 Å². The van der Waals surface area contributed by atoms with Gasteiger partial charge in [-0.2, -0.15) is 0 Å². The Morgan fingerprint density at radius 2 is 2.05 bits per heavy atom. The topological polar surface area (TPSA) is 24.7 Å². The van der Waals surface area contributed by atoms with Gasteiger partial charge in [0.05, 0.1) is 17.7 Å². The maximum absolute atomic E-state index is 4.12. The number of allylic oxidation sites excluding steroid dienone is 4. The van der Waals surface area contributed by atoms with Crippen molar-refractivity contribution in [3.63, 3.8) is 0 Å². The first kappa shape index (κ1) is 12.6. The van der Waals surface area contributed by atoms with Crippen molar-refractivity contribution in [1.82, 2.24) is 0 Å². The molecule has 0 saturated heterocycles. The Labute approximate surface area is 120 Å². The Morgan fingerprint density at radius 1 is 1.15 bits per heavy atom. The van der Waals surface area contributed by atoms with Crippen LogP contribution in [-0.4, -0.2) is 12.4 Å². The lowest BCUT2D eigenvalue weighted by molar-refractivity contribution is 0.663. The second-order valence-electron chi connectivity index (χ2n) is 5.17. The van der Waals surface area contributed by atoms with Crippen LogP contribution in [0.4, 0.5) is 0 Å². The lowest BCUT2D eigenvalue weighted by Gasteiger charge is -2.26. The van der Waals surface area contributed by atoms with Gasteiger partial charge in [0, 0.05) is 0 Å². The van der Waals surface area contributed by atoms with E-state index >= 15 is 0 Å². The standard InChI is InChI=1S/C18H16N2/c1-14-4-3-5-17(15(14)2)18(8-12-20-13-9-18)16-6-10-19-11-7-16/h3-8,10,12H,9H2,1-2H3/q+2. The average molecular weight is 260 g/mol. The van der Waals surface area contributed by atoms with E-state index in [1.165, 1.54) is 22.3 Å². The van der Waals surface area contributed by atoms with Crippen molar-refractivity contribution in [2.45, 2.75) is 25.7 Å². The van der Waals surface area contributed by atoms with Gasteiger partial charge in [-0.3, -0.25) is 0 Å². The fraction of sp³-hybridized carbons (Fsp3) is 0.222. The number of aliphatic imine (C=N–C) groups is 2. The number of rotatable bonds is 2. The van der Waals surface area contributed by atoms with E-state index in [9.17, 15) is 0 Å². The molecule has 0 aliphatic carbocycles. The lowest BCUT2D eigenvalue weighted by Crippen LogP contribution is -2.29. The molecule has 96 valence electrons. The third kappa shape index (κ3) is 1.92. The van der Waals surface area contributed by atoms with Crippen LogP contribution >= 0.6 is 0 Å². The summed E-state index contributed by atoms with van der Waals surface area (Å²) in [5.41, 5.74) is 4.89. The van der Waals surface area contributed by atoms with Gasteiger partial charge in [0.15, 0.2) is 18.6 Å². The summed E-state index contributed by atoms with van der Waals surface area (Å²) >= 11 is 0. The Balaban J connectivity index is 2.21. The van der Waals surface area contributed by atoms with E-state index in [-0.39, 0.29) is 5.41 Å². The highest BCUT2D eigenvalue weighted by molar-refractivity contribution is 5.79. The molecule has 1 unspecified atom stereocenters. The average Bonchev–Trinajstić information content (AvgIpc) is 2.51. The molecule has 0 fully saturated rings. The molecule has 2 heterocycles. The smallest absolute Gasteiger partial charge is 0.0743 e. The molecule has 2 heteroatoms. The Bertz CT molecular complexity index is 675. The summed E-state index contributed by atoms with van der Waals surface area (Å²) in [7, 11) is 0. The summed E-state index contributed by atoms with van der Waals surface area (Å²) < 4.78 is 0. The van der Waals surface area contributed by atoms with Gasteiger partial charge in [0.1, 0.15) is 24.1 Å². The van der Waals surface area contributed by atoms with Gasteiger partial charge in [-0.1, -0.05) is 23.2 Å². The highest BCUT2D eigenvalue weighted by Gasteiger charge is 2.43. The van der Waals surface area contributed by atoms with Gasteiger partial charge in [0.25, 0.3) is 0 Å². The van der Waals surface area contributed by atoms with Gasteiger partial charge in [-0.15, -0.1) is 0 Å². The molecule has 0 N–H and O–H groups in total. The van der Waals surface area contributed by atoms with E-state index in [0.717, 1.165) is 6.42 Å². The Kier molecular flexibility index (Phi) is 3.12. The van der Waals surface area contributed by atoms with Gasteiger partial charge >= 0.3 is 0 Å². The summed E-state index contributed by atoms with van der Waals surface area (Å²) in [5.74, 6) is 0. The number of aryl methyl sites for hydroxylation is 1.